The third kappa shape index (κ3) is 4.07. The van der Waals surface area contributed by atoms with Gasteiger partial charge < -0.3 is 9.73 Å². The fourth-order valence-corrected chi connectivity index (χ4v) is 2.28. The lowest BCUT2D eigenvalue weighted by Crippen LogP contribution is -2.15. The largest absolute Gasteiger partial charge is 0.416 e. The summed E-state index contributed by atoms with van der Waals surface area (Å²) in [5, 5.41) is 11.2. The smallest absolute Gasteiger partial charge is 0.277 e. The van der Waals surface area contributed by atoms with Gasteiger partial charge in [-0.2, -0.15) is 0 Å². The van der Waals surface area contributed by atoms with E-state index in [1.54, 1.807) is 0 Å². The van der Waals surface area contributed by atoms with Crippen LogP contribution in [0.25, 0.3) is 0 Å². The van der Waals surface area contributed by atoms with E-state index in [0.717, 1.165) is 16.8 Å². The number of anilines is 1. The van der Waals surface area contributed by atoms with Crippen LogP contribution < -0.4 is 5.32 Å². The summed E-state index contributed by atoms with van der Waals surface area (Å²) in [7, 11) is 0. The normalized spacial score (nSPS) is 10.9. The van der Waals surface area contributed by atoms with Crippen molar-refractivity contribution in [2.45, 2.75) is 38.8 Å². The second kappa shape index (κ2) is 6.76. The highest BCUT2D eigenvalue weighted by Crippen LogP contribution is 2.21. The molecule has 0 saturated carbocycles. The molecule has 0 radical (unpaired) electrons. The highest BCUT2D eigenvalue weighted by Gasteiger charge is 2.12. The third-order valence-corrected chi connectivity index (χ3v) is 3.94. The van der Waals surface area contributed by atoms with E-state index in [1.165, 1.54) is 11.8 Å². The first-order valence-corrected chi connectivity index (χ1v) is 7.78. The van der Waals surface area contributed by atoms with E-state index in [0.29, 0.717) is 11.1 Å². The Balaban J connectivity index is 1.91. The molecule has 1 N–H and O–H groups in total. The number of rotatable bonds is 5. The molecule has 1 aromatic carbocycles. The van der Waals surface area contributed by atoms with Crippen molar-refractivity contribution in [3.05, 3.63) is 35.2 Å². The van der Waals surface area contributed by atoms with Gasteiger partial charge in [0.25, 0.3) is 5.22 Å². The SMILES string of the molecule is Cc1cccc(NC(=O)CSc2nnc(C(C)C)o2)c1C. The van der Waals surface area contributed by atoms with Gasteiger partial charge in [0, 0.05) is 11.6 Å². The average molecular weight is 305 g/mol. The molecule has 0 atom stereocenters. The summed E-state index contributed by atoms with van der Waals surface area (Å²) in [5.41, 5.74) is 3.07. The van der Waals surface area contributed by atoms with E-state index in [1.807, 2.05) is 45.9 Å². The lowest BCUT2D eigenvalue weighted by atomic mass is 10.1. The van der Waals surface area contributed by atoms with Crippen LogP contribution in [0.2, 0.25) is 0 Å². The number of aromatic nitrogens is 2. The minimum Gasteiger partial charge on any atom is -0.416 e. The van der Waals surface area contributed by atoms with Gasteiger partial charge in [0.1, 0.15) is 0 Å². The fourth-order valence-electron chi connectivity index (χ4n) is 1.71. The summed E-state index contributed by atoms with van der Waals surface area (Å²) in [6, 6.07) is 5.85. The van der Waals surface area contributed by atoms with Gasteiger partial charge in [0.05, 0.1) is 5.75 Å². The number of hydrogen-bond acceptors (Lipinski definition) is 5. The number of nitrogens with one attached hydrogen (secondary N) is 1. The Hall–Kier alpha value is -1.82. The maximum atomic E-state index is 12.0. The topological polar surface area (TPSA) is 68.0 Å². The van der Waals surface area contributed by atoms with Crippen molar-refractivity contribution in [3.8, 4) is 0 Å². The summed E-state index contributed by atoms with van der Waals surface area (Å²) in [6.07, 6.45) is 0. The Morgan fingerprint density at radius 2 is 2.10 bits per heavy atom. The molecule has 21 heavy (non-hydrogen) atoms. The van der Waals surface area contributed by atoms with Gasteiger partial charge in [-0.25, -0.2) is 0 Å². The van der Waals surface area contributed by atoms with Crippen molar-refractivity contribution in [1.82, 2.24) is 10.2 Å². The first-order valence-electron chi connectivity index (χ1n) is 6.79. The summed E-state index contributed by atoms with van der Waals surface area (Å²) in [4.78, 5) is 12.0. The first-order chi connectivity index (χ1) is 9.97. The van der Waals surface area contributed by atoms with Crippen LogP contribution in [0.1, 0.15) is 36.8 Å². The Bertz CT molecular complexity index is 638. The predicted molar refractivity (Wildman–Crippen MR) is 83.7 cm³/mol. The zero-order chi connectivity index (χ0) is 15.4. The van der Waals surface area contributed by atoms with Crippen LogP contribution in [0, 0.1) is 13.8 Å². The molecule has 0 aliphatic carbocycles. The molecule has 112 valence electrons. The van der Waals surface area contributed by atoms with Crippen molar-refractivity contribution < 1.29 is 9.21 Å². The lowest BCUT2D eigenvalue weighted by molar-refractivity contribution is -0.113. The molecular formula is C15H19N3O2S. The molecule has 1 aromatic heterocycles. The Labute approximate surface area is 128 Å². The number of carbonyl (C=O) groups is 1. The number of carbonyl (C=O) groups excluding carboxylic acids is 1. The summed E-state index contributed by atoms with van der Waals surface area (Å²) in [6.45, 7) is 7.97. The fraction of sp³-hybridized carbons (Fsp3) is 0.400. The average Bonchev–Trinajstić information content (AvgIpc) is 2.91. The number of hydrogen-bond donors (Lipinski definition) is 1. The molecule has 0 spiro atoms. The molecule has 1 amide bonds. The van der Waals surface area contributed by atoms with E-state index < -0.39 is 0 Å². The molecule has 2 aromatic rings. The van der Waals surface area contributed by atoms with E-state index in [-0.39, 0.29) is 17.6 Å². The van der Waals surface area contributed by atoms with Crippen LogP contribution in [0.3, 0.4) is 0 Å². The minimum atomic E-state index is -0.0852. The van der Waals surface area contributed by atoms with Gasteiger partial charge in [0.2, 0.25) is 11.8 Å². The first kappa shape index (κ1) is 15.6. The Morgan fingerprint density at radius 1 is 1.33 bits per heavy atom. The monoisotopic (exact) mass is 305 g/mol. The van der Waals surface area contributed by atoms with E-state index in [9.17, 15) is 4.79 Å². The maximum absolute atomic E-state index is 12.0. The predicted octanol–water partition coefficient (Wildman–Crippen LogP) is 3.54. The van der Waals surface area contributed by atoms with E-state index >= 15 is 0 Å². The van der Waals surface area contributed by atoms with Crippen LogP contribution in [-0.4, -0.2) is 21.9 Å². The summed E-state index contributed by atoms with van der Waals surface area (Å²) >= 11 is 1.24. The summed E-state index contributed by atoms with van der Waals surface area (Å²) < 4.78 is 5.45. The van der Waals surface area contributed by atoms with Crippen molar-refractivity contribution in [2.75, 3.05) is 11.1 Å². The molecule has 0 bridgehead atoms. The van der Waals surface area contributed by atoms with Crippen LogP contribution in [0.4, 0.5) is 5.69 Å². The quantitative estimate of drug-likeness (QED) is 0.856. The highest BCUT2D eigenvalue weighted by molar-refractivity contribution is 7.99. The zero-order valence-electron chi connectivity index (χ0n) is 12.6. The number of thioether (sulfide) groups is 1. The minimum absolute atomic E-state index is 0.0852. The number of nitrogens with zero attached hydrogens (tertiary/aromatic N) is 2. The molecule has 2 rings (SSSR count). The molecule has 0 aliphatic heterocycles. The number of amides is 1. The van der Waals surface area contributed by atoms with Gasteiger partial charge in [-0.1, -0.05) is 37.7 Å². The molecule has 5 nitrogen and oxygen atoms in total. The van der Waals surface area contributed by atoms with Gasteiger partial charge in [0.15, 0.2) is 0 Å². The molecule has 0 aliphatic rings. The molecule has 6 heteroatoms. The lowest BCUT2D eigenvalue weighted by Gasteiger charge is -2.09. The van der Waals surface area contributed by atoms with Crippen molar-refractivity contribution >= 4 is 23.4 Å². The standard InChI is InChI=1S/C15H19N3O2S/c1-9(2)14-17-18-15(20-14)21-8-13(19)16-12-7-5-6-10(3)11(12)4/h5-7,9H,8H2,1-4H3,(H,16,19). The Morgan fingerprint density at radius 3 is 2.76 bits per heavy atom. The number of aryl methyl sites for hydroxylation is 1. The molecule has 0 unspecified atom stereocenters. The van der Waals surface area contributed by atoms with Crippen LogP contribution in [0.5, 0.6) is 0 Å². The van der Waals surface area contributed by atoms with E-state index in [4.69, 9.17) is 4.42 Å². The second-order valence-corrected chi connectivity index (χ2v) is 6.07. The zero-order valence-corrected chi connectivity index (χ0v) is 13.5. The molecule has 0 fully saturated rings. The summed E-state index contributed by atoms with van der Waals surface area (Å²) in [5.74, 6) is 0.939. The second-order valence-electron chi connectivity index (χ2n) is 5.15. The van der Waals surface area contributed by atoms with Crippen molar-refractivity contribution in [2.24, 2.45) is 0 Å². The van der Waals surface area contributed by atoms with Gasteiger partial charge in [-0.05, 0) is 31.0 Å². The molecular weight excluding hydrogens is 286 g/mol. The Kier molecular flexibility index (Phi) is 5.01. The van der Waals surface area contributed by atoms with Gasteiger partial charge >= 0.3 is 0 Å². The van der Waals surface area contributed by atoms with Crippen LogP contribution in [0.15, 0.2) is 27.8 Å². The van der Waals surface area contributed by atoms with Gasteiger partial charge in [-0.3, -0.25) is 4.79 Å². The third-order valence-electron chi connectivity index (χ3n) is 3.12. The van der Waals surface area contributed by atoms with Crippen molar-refractivity contribution in [3.63, 3.8) is 0 Å². The molecule has 1 heterocycles. The molecule has 0 saturated heterocycles. The van der Waals surface area contributed by atoms with E-state index in [2.05, 4.69) is 15.5 Å². The van der Waals surface area contributed by atoms with Crippen LogP contribution in [-0.2, 0) is 4.79 Å². The van der Waals surface area contributed by atoms with Crippen LogP contribution >= 0.6 is 11.8 Å². The van der Waals surface area contributed by atoms with Crippen molar-refractivity contribution in [1.29, 1.82) is 0 Å². The highest BCUT2D eigenvalue weighted by atomic mass is 32.2. The van der Waals surface area contributed by atoms with Gasteiger partial charge in [-0.15, -0.1) is 10.2 Å². The maximum Gasteiger partial charge on any atom is 0.277 e. The number of benzene rings is 1.